The lowest BCUT2D eigenvalue weighted by Gasteiger charge is -2.13. The van der Waals surface area contributed by atoms with Gasteiger partial charge in [0.2, 0.25) is 0 Å². The van der Waals surface area contributed by atoms with Crippen LogP contribution in [0.25, 0.3) is 0 Å². The van der Waals surface area contributed by atoms with Crippen LogP contribution in [0.3, 0.4) is 0 Å². The molecular weight excluding hydrogens is 264 g/mol. The van der Waals surface area contributed by atoms with Crippen LogP contribution in [0.1, 0.15) is 28.8 Å². The molecule has 108 valence electrons. The molecule has 1 saturated carbocycles. The Labute approximate surface area is 123 Å². The number of benzene rings is 2. The summed E-state index contributed by atoms with van der Waals surface area (Å²) in [4.78, 5) is 11.5. The second kappa shape index (κ2) is 5.97. The zero-order chi connectivity index (χ0) is 14.7. The molecule has 0 bridgehead atoms. The third kappa shape index (κ3) is 3.41. The van der Waals surface area contributed by atoms with E-state index in [4.69, 9.17) is 10.5 Å². The van der Waals surface area contributed by atoms with E-state index >= 15 is 0 Å². The first kappa shape index (κ1) is 13.6. The number of hydrogen-bond donors (Lipinski definition) is 2. The van der Waals surface area contributed by atoms with Gasteiger partial charge in [-0.3, -0.25) is 4.79 Å². The van der Waals surface area contributed by atoms with Crippen LogP contribution >= 0.6 is 0 Å². The molecule has 4 heteroatoms. The topological polar surface area (TPSA) is 64.4 Å². The molecule has 0 unspecified atom stereocenters. The van der Waals surface area contributed by atoms with Crippen molar-refractivity contribution in [2.45, 2.75) is 25.4 Å². The van der Waals surface area contributed by atoms with E-state index in [0.717, 1.165) is 17.9 Å². The van der Waals surface area contributed by atoms with E-state index < -0.39 is 5.91 Å². The number of primary amides is 1. The summed E-state index contributed by atoms with van der Waals surface area (Å²) >= 11 is 0. The zero-order valence-electron chi connectivity index (χ0n) is 11.7. The van der Waals surface area contributed by atoms with Gasteiger partial charge in [-0.2, -0.15) is 0 Å². The van der Waals surface area contributed by atoms with Gasteiger partial charge < -0.3 is 15.8 Å². The Morgan fingerprint density at radius 3 is 2.48 bits per heavy atom. The molecule has 0 saturated heterocycles. The molecule has 0 heterocycles. The van der Waals surface area contributed by atoms with Gasteiger partial charge in [0.05, 0.1) is 5.56 Å². The first-order valence-corrected chi connectivity index (χ1v) is 7.12. The van der Waals surface area contributed by atoms with E-state index in [1.54, 1.807) is 18.2 Å². The lowest BCUT2D eigenvalue weighted by molar-refractivity contribution is 0.0998. The van der Waals surface area contributed by atoms with Crippen LogP contribution in [0.5, 0.6) is 11.5 Å². The third-order valence-corrected chi connectivity index (χ3v) is 3.50. The molecule has 1 fully saturated rings. The van der Waals surface area contributed by atoms with Crippen molar-refractivity contribution >= 4 is 5.91 Å². The fraction of sp³-hybridized carbons (Fsp3) is 0.235. The van der Waals surface area contributed by atoms with Crippen molar-refractivity contribution in [1.29, 1.82) is 0 Å². The van der Waals surface area contributed by atoms with Gasteiger partial charge in [0.1, 0.15) is 11.5 Å². The summed E-state index contributed by atoms with van der Waals surface area (Å²) in [6.07, 6.45) is 2.49. The Morgan fingerprint density at radius 2 is 1.76 bits per heavy atom. The van der Waals surface area contributed by atoms with E-state index in [2.05, 4.69) is 5.32 Å². The standard InChI is InChI=1S/C17H18N2O2/c18-17(20)14-6-2-4-8-16(14)21-15-7-3-1-5-12(15)11-19-13-9-10-13/h1-8,13,19H,9-11H2,(H2,18,20). The monoisotopic (exact) mass is 282 g/mol. The molecule has 0 radical (unpaired) electrons. The summed E-state index contributed by atoms with van der Waals surface area (Å²) in [6, 6.07) is 15.5. The molecule has 3 rings (SSSR count). The van der Waals surface area contributed by atoms with Crippen molar-refractivity contribution in [3.63, 3.8) is 0 Å². The fourth-order valence-corrected chi connectivity index (χ4v) is 2.17. The van der Waals surface area contributed by atoms with Crippen molar-refractivity contribution in [2.24, 2.45) is 5.73 Å². The molecule has 2 aromatic rings. The number of rotatable bonds is 6. The third-order valence-electron chi connectivity index (χ3n) is 3.50. The minimum absolute atomic E-state index is 0.391. The Morgan fingerprint density at radius 1 is 1.10 bits per heavy atom. The Kier molecular flexibility index (Phi) is 3.88. The molecule has 0 spiro atoms. The highest BCUT2D eigenvalue weighted by Gasteiger charge is 2.20. The molecule has 1 aliphatic rings. The smallest absolute Gasteiger partial charge is 0.252 e. The fourth-order valence-electron chi connectivity index (χ4n) is 2.17. The van der Waals surface area contributed by atoms with Crippen LogP contribution in [-0.4, -0.2) is 11.9 Å². The molecule has 2 aromatic carbocycles. The summed E-state index contributed by atoms with van der Waals surface area (Å²) in [5, 5.41) is 3.46. The van der Waals surface area contributed by atoms with Crippen LogP contribution in [0, 0.1) is 0 Å². The second-order valence-electron chi connectivity index (χ2n) is 5.23. The molecular formula is C17H18N2O2. The maximum atomic E-state index is 11.5. The van der Waals surface area contributed by atoms with E-state index in [1.165, 1.54) is 12.8 Å². The lowest BCUT2D eigenvalue weighted by Crippen LogP contribution is -2.16. The van der Waals surface area contributed by atoms with Gasteiger partial charge >= 0.3 is 0 Å². The molecule has 4 nitrogen and oxygen atoms in total. The number of para-hydroxylation sites is 2. The first-order chi connectivity index (χ1) is 10.2. The lowest BCUT2D eigenvalue weighted by atomic mass is 10.1. The predicted octanol–water partition coefficient (Wildman–Crippen LogP) is 2.83. The van der Waals surface area contributed by atoms with E-state index in [0.29, 0.717) is 17.4 Å². The van der Waals surface area contributed by atoms with Crippen LogP contribution < -0.4 is 15.8 Å². The van der Waals surface area contributed by atoms with Crippen LogP contribution in [0.2, 0.25) is 0 Å². The number of nitrogens with one attached hydrogen (secondary N) is 1. The summed E-state index contributed by atoms with van der Waals surface area (Å²) in [7, 11) is 0. The van der Waals surface area contributed by atoms with Gasteiger partial charge in [0.25, 0.3) is 5.91 Å². The molecule has 21 heavy (non-hydrogen) atoms. The van der Waals surface area contributed by atoms with Crippen molar-refractivity contribution in [3.8, 4) is 11.5 Å². The molecule has 1 aliphatic carbocycles. The van der Waals surface area contributed by atoms with Gasteiger partial charge in [0.15, 0.2) is 0 Å². The summed E-state index contributed by atoms with van der Waals surface area (Å²) in [5.41, 5.74) is 6.85. The molecule has 0 aromatic heterocycles. The Hall–Kier alpha value is -2.33. The first-order valence-electron chi connectivity index (χ1n) is 7.12. The zero-order valence-corrected chi connectivity index (χ0v) is 11.7. The van der Waals surface area contributed by atoms with Gasteiger partial charge in [-0.15, -0.1) is 0 Å². The van der Waals surface area contributed by atoms with Crippen molar-refractivity contribution in [1.82, 2.24) is 5.32 Å². The molecule has 1 amide bonds. The number of carbonyl (C=O) groups is 1. The molecule has 0 atom stereocenters. The average Bonchev–Trinajstić information content (AvgIpc) is 3.31. The number of amides is 1. The van der Waals surface area contributed by atoms with E-state index in [1.807, 2.05) is 30.3 Å². The number of hydrogen-bond acceptors (Lipinski definition) is 3. The Bertz CT molecular complexity index is 651. The highest BCUT2D eigenvalue weighted by molar-refractivity contribution is 5.95. The minimum Gasteiger partial charge on any atom is -0.456 e. The normalized spacial score (nSPS) is 13.9. The summed E-state index contributed by atoms with van der Waals surface area (Å²) in [6.45, 7) is 0.763. The number of nitrogens with two attached hydrogens (primary N) is 1. The van der Waals surface area contributed by atoms with Crippen molar-refractivity contribution in [3.05, 3.63) is 59.7 Å². The summed E-state index contributed by atoms with van der Waals surface area (Å²) < 4.78 is 5.91. The van der Waals surface area contributed by atoms with Crippen LogP contribution in [-0.2, 0) is 6.54 Å². The maximum Gasteiger partial charge on any atom is 0.252 e. The van der Waals surface area contributed by atoms with Crippen molar-refractivity contribution in [2.75, 3.05) is 0 Å². The van der Waals surface area contributed by atoms with Crippen LogP contribution in [0.4, 0.5) is 0 Å². The number of ether oxygens (including phenoxy) is 1. The predicted molar refractivity (Wildman–Crippen MR) is 81.3 cm³/mol. The minimum atomic E-state index is -0.487. The van der Waals surface area contributed by atoms with Gasteiger partial charge in [-0.05, 0) is 31.0 Å². The van der Waals surface area contributed by atoms with Gasteiger partial charge in [-0.1, -0.05) is 30.3 Å². The van der Waals surface area contributed by atoms with Gasteiger partial charge in [0, 0.05) is 18.2 Å². The van der Waals surface area contributed by atoms with Gasteiger partial charge in [-0.25, -0.2) is 0 Å². The highest BCUT2D eigenvalue weighted by atomic mass is 16.5. The molecule has 3 N–H and O–H groups in total. The largest absolute Gasteiger partial charge is 0.456 e. The van der Waals surface area contributed by atoms with Crippen molar-refractivity contribution < 1.29 is 9.53 Å². The Balaban J connectivity index is 1.82. The second-order valence-corrected chi connectivity index (χ2v) is 5.23. The SMILES string of the molecule is NC(=O)c1ccccc1Oc1ccccc1CNC1CC1. The van der Waals surface area contributed by atoms with E-state index in [9.17, 15) is 4.79 Å². The molecule has 0 aliphatic heterocycles. The quantitative estimate of drug-likeness (QED) is 0.856. The van der Waals surface area contributed by atoms with Crippen LogP contribution in [0.15, 0.2) is 48.5 Å². The highest BCUT2D eigenvalue weighted by Crippen LogP contribution is 2.28. The van der Waals surface area contributed by atoms with E-state index in [-0.39, 0.29) is 0 Å². The summed E-state index contributed by atoms with van der Waals surface area (Å²) in [5.74, 6) is 0.752. The average molecular weight is 282 g/mol. The maximum absolute atomic E-state index is 11.5. The number of carbonyl (C=O) groups excluding carboxylic acids is 1.